The summed E-state index contributed by atoms with van der Waals surface area (Å²) < 4.78 is 0. The molecule has 20 heavy (non-hydrogen) atoms. The molecular weight excluding hydrogens is 244 g/mol. The fraction of sp³-hybridized carbons (Fsp3) is 0.667. The molecule has 2 atom stereocenters. The quantitative estimate of drug-likeness (QED) is 0.881. The van der Waals surface area contributed by atoms with Crippen molar-refractivity contribution in [2.75, 3.05) is 26.7 Å². The molecule has 0 spiro atoms. The minimum Gasteiger partial charge on any atom is -0.317 e. The lowest BCUT2D eigenvalue weighted by Gasteiger charge is -2.40. The second-order valence-electron chi connectivity index (χ2n) is 6.58. The molecule has 1 aromatic carbocycles. The number of nitrogens with one attached hydrogen (secondary N) is 1. The highest BCUT2D eigenvalue weighted by molar-refractivity contribution is 5.31. The van der Waals surface area contributed by atoms with Crippen LogP contribution in [-0.2, 0) is 0 Å². The molecule has 1 aromatic rings. The minimum atomic E-state index is 0.599. The Kier molecular flexibility index (Phi) is 4.42. The van der Waals surface area contributed by atoms with Crippen LogP contribution in [0.15, 0.2) is 24.3 Å². The predicted molar refractivity (Wildman–Crippen MR) is 85.1 cm³/mol. The van der Waals surface area contributed by atoms with Gasteiger partial charge in [0.25, 0.3) is 0 Å². The van der Waals surface area contributed by atoms with Gasteiger partial charge in [-0.05, 0) is 75.3 Å². The average molecular weight is 272 g/mol. The Morgan fingerprint density at radius 1 is 1.20 bits per heavy atom. The van der Waals surface area contributed by atoms with E-state index in [4.69, 9.17) is 0 Å². The molecule has 0 bridgehead atoms. The Balaban J connectivity index is 1.81. The summed E-state index contributed by atoms with van der Waals surface area (Å²) in [5, 5.41) is 3.56. The Morgan fingerprint density at radius 3 is 2.75 bits per heavy atom. The molecule has 0 radical (unpaired) electrons. The van der Waals surface area contributed by atoms with Gasteiger partial charge in [0, 0.05) is 6.04 Å². The smallest absolute Gasteiger partial charge is 0.0385 e. The summed E-state index contributed by atoms with van der Waals surface area (Å²) >= 11 is 0. The SMILES string of the molecule is CCNCC1CCCN(C)C1c1cccc(C2CC2)c1. The van der Waals surface area contributed by atoms with Gasteiger partial charge in [0.15, 0.2) is 0 Å². The second kappa shape index (κ2) is 6.28. The van der Waals surface area contributed by atoms with E-state index in [1.54, 1.807) is 11.1 Å². The first-order valence-corrected chi connectivity index (χ1v) is 8.30. The lowest BCUT2D eigenvalue weighted by Crippen LogP contribution is -2.40. The number of benzene rings is 1. The van der Waals surface area contributed by atoms with Crippen LogP contribution in [0, 0.1) is 5.92 Å². The van der Waals surface area contributed by atoms with E-state index in [1.165, 1.54) is 32.2 Å². The first kappa shape index (κ1) is 14.1. The number of piperidine rings is 1. The number of likely N-dealkylation sites (tertiary alicyclic amines) is 1. The zero-order chi connectivity index (χ0) is 13.9. The van der Waals surface area contributed by atoms with Crippen LogP contribution in [0.4, 0.5) is 0 Å². The van der Waals surface area contributed by atoms with Crippen molar-refractivity contribution in [2.45, 2.75) is 44.6 Å². The number of rotatable bonds is 5. The average Bonchev–Trinajstić information content (AvgIpc) is 3.30. The molecule has 1 saturated carbocycles. The van der Waals surface area contributed by atoms with Gasteiger partial charge in [-0.25, -0.2) is 0 Å². The number of hydrogen-bond acceptors (Lipinski definition) is 2. The fourth-order valence-electron chi connectivity index (χ4n) is 3.74. The van der Waals surface area contributed by atoms with Crippen LogP contribution in [-0.4, -0.2) is 31.6 Å². The summed E-state index contributed by atoms with van der Waals surface area (Å²) in [7, 11) is 2.30. The van der Waals surface area contributed by atoms with Gasteiger partial charge >= 0.3 is 0 Å². The minimum absolute atomic E-state index is 0.599. The lowest BCUT2D eigenvalue weighted by molar-refractivity contribution is 0.120. The molecule has 2 nitrogen and oxygen atoms in total. The van der Waals surface area contributed by atoms with E-state index in [1.807, 2.05) is 0 Å². The lowest BCUT2D eigenvalue weighted by atomic mass is 9.84. The molecular formula is C18H28N2. The van der Waals surface area contributed by atoms with Crippen LogP contribution >= 0.6 is 0 Å². The Bertz CT molecular complexity index is 439. The van der Waals surface area contributed by atoms with E-state index in [2.05, 4.69) is 48.5 Å². The van der Waals surface area contributed by atoms with E-state index in [0.717, 1.165) is 24.9 Å². The summed E-state index contributed by atoms with van der Waals surface area (Å²) in [5.41, 5.74) is 3.11. The third-order valence-electron chi connectivity index (χ3n) is 4.96. The molecule has 1 N–H and O–H groups in total. The van der Waals surface area contributed by atoms with Crippen LogP contribution in [0.3, 0.4) is 0 Å². The van der Waals surface area contributed by atoms with Crippen molar-refractivity contribution in [2.24, 2.45) is 5.92 Å². The monoisotopic (exact) mass is 272 g/mol. The largest absolute Gasteiger partial charge is 0.317 e. The molecule has 110 valence electrons. The van der Waals surface area contributed by atoms with Crippen molar-refractivity contribution < 1.29 is 0 Å². The van der Waals surface area contributed by atoms with E-state index in [0.29, 0.717) is 6.04 Å². The maximum Gasteiger partial charge on any atom is 0.0385 e. The molecule has 0 aromatic heterocycles. The summed E-state index contributed by atoms with van der Waals surface area (Å²) in [6, 6.07) is 10.0. The van der Waals surface area contributed by atoms with Crippen molar-refractivity contribution in [1.29, 1.82) is 0 Å². The first-order valence-electron chi connectivity index (χ1n) is 8.30. The van der Waals surface area contributed by atoms with Gasteiger partial charge in [0.1, 0.15) is 0 Å². The van der Waals surface area contributed by atoms with Crippen LogP contribution < -0.4 is 5.32 Å². The van der Waals surface area contributed by atoms with Crippen molar-refractivity contribution >= 4 is 0 Å². The number of hydrogen-bond donors (Lipinski definition) is 1. The maximum atomic E-state index is 3.56. The van der Waals surface area contributed by atoms with E-state index in [-0.39, 0.29) is 0 Å². The molecule has 1 heterocycles. The summed E-state index contributed by atoms with van der Waals surface area (Å²) in [5.74, 6) is 1.61. The highest BCUT2D eigenvalue weighted by Gasteiger charge is 2.31. The molecule has 1 saturated heterocycles. The number of nitrogens with zero attached hydrogens (tertiary/aromatic N) is 1. The molecule has 1 aliphatic carbocycles. The summed E-state index contributed by atoms with van der Waals surface area (Å²) in [6.07, 6.45) is 5.48. The predicted octanol–water partition coefficient (Wildman–Crippen LogP) is 3.56. The Labute approximate surface area is 123 Å². The molecule has 1 aliphatic heterocycles. The Hall–Kier alpha value is -0.860. The fourth-order valence-corrected chi connectivity index (χ4v) is 3.74. The van der Waals surface area contributed by atoms with Gasteiger partial charge < -0.3 is 5.32 Å². The van der Waals surface area contributed by atoms with Crippen LogP contribution in [0.2, 0.25) is 0 Å². The van der Waals surface area contributed by atoms with Gasteiger partial charge in [-0.3, -0.25) is 4.90 Å². The van der Waals surface area contributed by atoms with Gasteiger partial charge in [0.2, 0.25) is 0 Å². The van der Waals surface area contributed by atoms with Gasteiger partial charge in [-0.1, -0.05) is 31.2 Å². The van der Waals surface area contributed by atoms with E-state index in [9.17, 15) is 0 Å². The van der Waals surface area contributed by atoms with Gasteiger partial charge in [-0.2, -0.15) is 0 Å². The zero-order valence-corrected chi connectivity index (χ0v) is 12.9. The highest BCUT2D eigenvalue weighted by Crippen LogP contribution is 2.42. The van der Waals surface area contributed by atoms with Crippen molar-refractivity contribution in [3.05, 3.63) is 35.4 Å². The van der Waals surface area contributed by atoms with E-state index < -0.39 is 0 Å². The molecule has 2 heteroatoms. The standard InChI is InChI=1S/C18H28N2/c1-3-19-13-17-8-5-11-20(2)18(17)16-7-4-6-15(12-16)14-9-10-14/h4,6-7,12,14,17-19H,3,5,8-11,13H2,1-2H3. The van der Waals surface area contributed by atoms with Gasteiger partial charge in [0.05, 0.1) is 0 Å². The third kappa shape index (κ3) is 3.07. The van der Waals surface area contributed by atoms with Crippen LogP contribution in [0.1, 0.15) is 55.7 Å². The van der Waals surface area contributed by atoms with Crippen molar-refractivity contribution in [3.8, 4) is 0 Å². The van der Waals surface area contributed by atoms with Crippen molar-refractivity contribution in [3.63, 3.8) is 0 Å². The third-order valence-corrected chi connectivity index (χ3v) is 4.96. The summed E-state index contributed by atoms with van der Waals surface area (Å²) in [4.78, 5) is 2.57. The maximum absolute atomic E-state index is 3.56. The van der Waals surface area contributed by atoms with E-state index >= 15 is 0 Å². The molecule has 2 fully saturated rings. The Morgan fingerprint density at radius 2 is 2.00 bits per heavy atom. The summed E-state index contributed by atoms with van der Waals surface area (Å²) in [6.45, 7) is 5.67. The zero-order valence-electron chi connectivity index (χ0n) is 12.9. The van der Waals surface area contributed by atoms with Crippen molar-refractivity contribution in [1.82, 2.24) is 10.2 Å². The molecule has 0 amide bonds. The highest BCUT2D eigenvalue weighted by atomic mass is 15.1. The molecule has 3 rings (SSSR count). The van der Waals surface area contributed by atoms with Crippen LogP contribution in [0.5, 0.6) is 0 Å². The van der Waals surface area contributed by atoms with Crippen LogP contribution in [0.25, 0.3) is 0 Å². The molecule has 2 unspecified atom stereocenters. The molecule has 2 aliphatic rings. The van der Waals surface area contributed by atoms with Gasteiger partial charge in [-0.15, -0.1) is 0 Å². The second-order valence-corrected chi connectivity index (χ2v) is 6.58. The topological polar surface area (TPSA) is 15.3 Å². The normalized spacial score (nSPS) is 27.7. The first-order chi connectivity index (χ1) is 9.79.